The van der Waals surface area contributed by atoms with Gasteiger partial charge in [-0.2, -0.15) is 0 Å². The molecule has 5 heteroatoms. The van der Waals surface area contributed by atoms with Crippen LogP contribution in [0.4, 0.5) is 0 Å². The minimum Gasteiger partial charge on any atom is -0.390 e. The molecule has 0 aliphatic heterocycles. The number of rotatable bonds is 12. The van der Waals surface area contributed by atoms with Gasteiger partial charge in [0.1, 0.15) is 0 Å². The number of hydrogen-bond acceptors (Lipinski definition) is 4. The van der Waals surface area contributed by atoms with E-state index >= 15 is 0 Å². The van der Waals surface area contributed by atoms with E-state index in [-0.39, 0.29) is 44.1 Å². The topological polar surface area (TPSA) is 80.9 Å². The molecule has 0 aromatic carbocycles. The molecule has 33 heavy (non-hydrogen) atoms. The van der Waals surface area contributed by atoms with Gasteiger partial charge in [-0.15, -0.1) is 0 Å². The molecule has 0 rings (SSSR count). The Morgan fingerprint density at radius 1 is 0.273 bits per heavy atom. The summed E-state index contributed by atoms with van der Waals surface area (Å²) in [5, 5.41) is 37.8. The van der Waals surface area contributed by atoms with E-state index < -0.39 is 0 Å². The van der Waals surface area contributed by atoms with Crippen molar-refractivity contribution in [1.29, 1.82) is 0 Å². The van der Waals surface area contributed by atoms with Crippen molar-refractivity contribution in [2.24, 2.45) is 0 Å². The average Bonchev–Trinajstić information content (AvgIpc) is 2.87. The summed E-state index contributed by atoms with van der Waals surface area (Å²) in [6, 6.07) is 0. The third-order valence-electron chi connectivity index (χ3n) is 7.90. The summed E-state index contributed by atoms with van der Waals surface area (Å²) in [6.45, 7) is 24.2. The van der Waals surface area contributed by atoms with Crippen LogP contribution in [-0.2, 0) is 21.7 Å². The molecule has 0 amide bonds. The van der Waals surface area contributed by atoms with Crippen molar-refractivity contribution in [3.8, 4) is 0 Å². The van der Waals surface area contributed by atoms with E-state index in [1.807, 2.05) is 83.1 Å². The summed E-state index contributed by atoms with van der Waals surface area (Å²) in [6.07, 6.45) is 10.5. The second-order valence-electron chi connectivity index (χ2n) is 9.14. The largest absolute Gasteiger partial charge is 0.390 e. The zero-order valence-corrected chi connectivity index (χ0v) is 26.3. The predicted octanol–water partition coefficient (Wildman–Crippen LogP) is 7.79. The van der Waals surface area contributed by atoms with Gasteiger partial charge in [0.2, 0.25) is 0 Å². The van der Waals surface area contributed by atoms with E-state index in [2.05, 4.69) is 0 Å². The smallest absolute Gasteiger partial charge is 0.0640 e. The van der Waals surface area contributed by atoms with Crippen LogP contribution in [0.2, 0.25) is 0 Å². The van der Waals surface area contributed by atoms with E-state index in [4.69, 9.17) is 0 Å². The Morgan fingerprint density at radius 2 is 0.333 bits per heavy atom. The third-order valence-corrected chi connectivity index (χ3v) is 7.90. The van der Waals surface area contributed by atoms with Crippen LogP contribution in [-0.4, -0.2) is 42.8 Å². The molecule has 0 radical (unpaired) electrons. The first-order valence-electron chi connectivity index (χ1n) is 13.6. The van der Waals surface area contributed by atoms with Crippen LogP contribution < -0.4 is 0 Å². The molecule has 0 aromatic heterocycles. The Morgan fingerprint density at radius 3 is 0.333 bits per heavy atom. The molecule has 0 saturated carbocycles. The van der Waals surface area contributed by atoms with Gasteiger partial charge in [-0.05, 0) is 77.0 Å². The fourth-order valence-electron chi connectivity index (χ4n) is 3.00. The Bertz CT molecular complexity index is 267. The molecule has 4 nitrogen and oxygen atoms in total. The molecule has 0 saturated heterocycles. The van der Waals surface area contributed by atoms with E-state index in [9.17, 15) is 20.4 Å². The standard InChI is InChI=1S/4C7H16O.Ti/c4*1-4-7(8,5-2)6-3;/h4*8H,4-6H2,1-3H3;. The van der Waals surface area contributed by atoms with E-state index in [1.54, 1.807) is 0 Å². The molecule has 0 aliphatic rings. The fourth-order valence-corrected chi connectivity index (χ4v) is 3.00. The van der Waals surface area contributed by atoms with Crippen molar-refractivity contribution in [1.82, 2.24) is 0 Å². The summed E-state index contributed by atoms with van der Waals surface area (Å²) in [5.74, 6) is 0. The maximum Gasteiger partial charge on any atom is 0.0640 e. The molecule has 0 atom stereocenters. The van der Waals surface area contributed by atoms with Crippen molar-refractivity contribution < 1.29 is 42.1 Å². The summed E-state index contributed by atoms with van der Waals surface area (Å²) in [7, 11) is 0. The predicted molar refractivity (Wildman–Crippen MR) is 143 cm³/mol. The summed E-state index contributed by atoms with van der Waals surface area (Å²) < 4.78 is 0. The van der Waals surface area contributed by atoms with Crippen LogP contribution in [0, 0.1) is 0 Å². The molecule has 0 unspecified atom stereocenters. The molecule has 4 N–H and O–H groups in total. The van der Waals surface area contributed by atoms with Crippen molar-refractivity contribution in [3.63, 3.8) is 0 Å². The molecular formula is C28H64O4Ti. The van der Waals surface area contributed by atoms with Crippen molar-refractivity contribution in [2.75, 3.05) is 0 Å². The van der Waals surface area contributed by atoms with Crippen LogP contribution in [0.1, 0.15) is 160 Å². The Kier molecular flexibility index (Phi) is 32.1. The van der Waals surface area contributed by atoms with E-state index in [1.165, 1.54) is 0 Å². The van der Waals surface area contributed by atoms with Crippen molar-refractivity contribution in [2.45, 2.75) is 183 Å². The summed E-state index contributed by atoms with van der Waals surface area (Å²) in [4.78, 5) is 0. The summed E-state index contributed by atoms with van der Waals surface area (Å²) >= 11 is 0. The van der Waals surface area contributed by atoms with Gasteiger partial charge >= 0.3 is 0 Å². The first-order chi connectivity index (χ1) is 14.7. The van der Waals surface area contributed by atoms with Crippen molar-refractivity contribution >= 4 is 0 Å². The van der Waals surface area contributed by atoms with Crippen LogP contribution in [0.25, 0.3) is 0 Å². The molecule has 0 aliphatic carbocycles. The van der Waals surface area contributed by atoms with Gasteiger partial charge in [0.15, 0.2) is 0 Å². The van der Waals surface area contributed by atoms with Crippen LogP contribution in [0.15, 0.2) is 0 Å². The van der Waals surface area contributed by atoms with E-state index in [0.717, 1.165) is 77.0 Å². The van der Waals surface area contributed by atoms with Gasteiger partial charge in [0.25, 0.3) is 0 Å². The zero-order chi connectivity index (χ0) is 26.5. The van der Waals surface area contributed by atoms with Gasteiger partial charge in [0.05, 0.1) is 22.4 Å². The molecule has 0 heterocycles. The third kappa shape index (κ3) is 22.7. The zero-order valence-electron chi connectivity index (χ0n) is 24.8. The average molecular weight is 513 g/mol. The minimum absolute atomic E-state index is 0. The normalized spacial score (nSPS) is 11.6. The first-order valence-corrected chi connectivity index (χ1v) is 13.6. The Labute approximate surface area is 224 Å². The molecule has 0 fully saturated rings. The quantitative estimate of drug-likeness (QED) is 0.201. The molecular weight excluding hydrogens is 448 g/mol. The summed E-state index contributed by atoms with van der Waals surface area (Å²) in [5.41, 5.74) is -1.50. The molecule has 0 bridgehead atoms. The fraction of sp³-hybridized carbons (Fsp3) is 1.00. The Hall–Kier alpha value is 0.554. The van der Waals surface area contributed by atoms with Gasteiger partial charge in [0, 0.05) is 21.7 Å². The number of aliphatic hydroxyl groups is 4. The van der Waals surface area contributed by atoms with Gasteiger partial charge in [-0.3, -0.25) is 0 Å². The monoisotopic (exact) mass is 512 g/mol. The molecule has 0 spiro atoms. The van der Waals surface area contributed by atoms with Crippen molar-refractivity contribution in [3.05, 3.63) is 0 Å². The second kappa shape index (κ2) is 24.3. The maximum atomic E-state index is 9.44. The maximum absolute atomic E-state index is 9.44. The van der Waals surface area contributed by atoms with Crippen LogP contribution in [0.5, 0.6) is 0 Å². The first kappa shape index (κ1) is 43.6. The second-order valence-corrected chi connectivity index (χ2v) is 9.14. The molecule has 0 aromatic rings. The Balaban J connectivity index is -0.000000105. The minimum atomic E-state index is -0.375. The van der Waals surface area contributed by atoms with E-state index in [0.29, 0.717) is 0 Å². The van der Waals surface area contributed by atoms with Gasteiger partial charge in [-0.1, -0.05) is 83.1 Å². The van der Waals surface area contributed by atoms with Crippen LogP contribution >= 0.6 is 0 Å². The van der Waals surface area contributed by atoms with Gasteiger partial charge in [-0.25, -0.2) is 0 Å². The SMILES string of the molecule is CCC(O)(CC)CC.CCC(O)(CC)CC.CCC(O)(CC)CC.CCC(O)(CC)CC.[Ti]. The number of hydrogen-bond donors (Lipinski definition) is 4. The van der Waals surface area contributed by atoms with Crippen LogP contribution in [0.3, 0.4) is 0 Å². The molecule has 204 valence electrons. The van der Waals surface area contributed by atoms with Gasteiger partial charge < -0.3 is 20.4 Å².